The van der Waals surface area contributed by atoms with Crippen LogP contribution in [0, 0.1) is 5.92 Å². The van der Waals surface area contributed by atoms with Gasteiger partial charge >= 0.3 is 5.97 Å². The summed E-state index contributed by atoms with van der Waals surface area (Å²) in [4.78, 5) is 11.6. The van der Waals surface area contributed by atoms with Crippen molar-refractivity contribution in [2.45, 2.75) is 57.9 Å². The standard InChI is InChI=1S/C14H27NO4/c1-5-19-13(16)11-6-8-12(9-7-11)15-10(2)14(17-3)18-4/h10-12,14-15H,5-9H2,1-4H3. The number of carbonyl (C=O) groups excluding carboxylic acids is 1. The van der Waals surface area contributed by atoms with Gasteiger partial charge < -0.3 is 19.5 Å². The van der Waals surface area contributed by atoms with E-state index in [-0.39, 0.29) is 24.2 Å². The molecule has 1 saturated carbocycles. The van der Waals surface area contributed by atoms with E-state index in [9.17, 15) is 4.79 Å². The molecule has 1 N–H and O–H groups in total. The van der Waals surface area contributed by atoms with Gasteiger partial charge in [-0.15, -0.1) is 0 Å². The third-order valence-electron chi connectivity index (χ3n) is 3.72. The Morgan fingerprint density at radius 2 is 1.79 bits per heavy atom. The van der Waals surface area contributed by atoms with Crippen molar-refractivity contribution in [2.24, 2.45) is 5.92 Å². The Balaban J connectivity index is 2.32. The van der Waals surface area contributed by atoms with E-state index in [4.69, 9.17) is 14.2 Å². The Bertz CT molecular complexity index is 260. The third-order valence-corrected chi connectivity index (χ3v) is 3.72. The molecule has 1 unspecified atom stereocenters. The SMILES string of the molecule is CCOC(=O)C1CCC(NC(C)C(OC)OC)CC1. The van der Waals surface area contributed by atoms with Crippen LogP contribution in [0.25, 0.3) is 0 Å². The summed E-state index contributed by atoms with van der Waals surface area (Å²) >= 11 is 0. The average molecular weight is 273 g/mol. The van der Waals surface area contributed by atoms with Crippen molar-refractivity contribution in [1.82, 2.24) is 5.32 Å². The van der Waals surface area contributed by atoms with Gasteiger partial charge in [-0.25, -0.2) is 0 Å². The highest BCUT2D eigenvalue weighted by Crippen LogP contribution is 2.25. The molecule has 0 spiro atoms. The average Bonchev–Trinajstić information content (AvgIpc) is 2.41. The van der Waals surface area contributed by atoms with Crippen molar-refractivity contribution in [3.8, 4) is 0 Å². The zero-order valence-corrected chi connectivity index (χ0v) is 12.5. The fraction of sp³-hybridized carbons (Fsp3) is 0.929. The van der Waals surface area contributed by atoms with E-state index < -0.39 is 0 Å². The molecular weight excluding hydrogens is 246 g/mol. The van der Waals surface area contributed by atoms with Gasteiger partial charge in [0.05, 0.1) is 18.6 Å². The number of hydrogen-bond donors (Lipinski definition) is 1. The van der Waals surface area contributed by atoms with E-state index in [1.807, 2.05) is 6.92 Å². The van der Waals surface area contributed by atoms with E-state index >= 15 is 0 Å². The molecule has 1 atom stereocenters. The fourth-order valence-corrected chi connectivity index (χ4v) is 2.71. The van der Waals surface area contributed by atoms with E-state index in [1.165, 1.54) is 0 Å². The quantitative estimate of drug-likeness (QED) is 0.565. The van der Waals surface area contributed by atoms with E-state index in [0.29, 0.717) is 12.6 Å². The monoisotopic (exact) mass is 273 g/mol. The van der Waals surface area contributed by atoms with Crippen LogP contribution in [-0.4, -0.2) is 45.2 Å². The summed E-state index contributed by atoms with van der Waals surface area (Å²) in [5.74, 6) is 0.0367. The minimum Gasteiger partial charge on any atom is -0.466 e. The molecule has 5 heteroatoms. The number of nitrogens with one attached hydrogen (secondary N) is 1. The Morgan fingerprint density at radius 3 is 2.26 bits per heavy atom. The summed E-state index contributed by atoms with van der Waals surface area (Å²) < 4.78 is 15.5. The first kappa shape index (κ1) is 16.4. The zero-order valence-electron chi connectivity index (χ0n) is 12.5. The van der Waals surface area contributed by atoms with Gasteiger partial charge in [0.1, 0.15) is 0 Å². The van der Waals surface area contributed by atoms with Gasteiger partial charge in [-0.2, -0.15) is 0 Å². The van der Waals surface area contributed by atoms with E-state index in [1.54, 1.807) is 14.2 Å². The lowest BCUT2D eigenvalue weighted by Crippen LogP contribution is -2.46. The van der Waals surface area contributed by atoms with Gasteiger partial charge in [-0.1, -0.05) is 0 Å². The van der Waals surface area contributed by atoms with Gasteiger partial charge in [0.2, 0.25) is 0 Å². The van der Waals surface area contributed by atoms with Crippen molar-refractivity contribution >= 4 is 5.97 Å². The molecule has 0 heterocycles. The Labute approximate surface area is 116 Å². The van der Waals surface area contributed by atoms with Crippen molar-refractivity contribution in [3.05, 3.63) is 0 Å². The van der Waals surface area contributed by atoms with E-state index in [0.717, 1.165) is 25.7 Å². The van der Waals surface area contributed by atoms with Gasteiger partial charge in [-0.3, -0.25) is 4.79 Å². The van der Waals surface area contributed by atoms with Crippen molar-refractivity contribution in [3.63, 3.8) is 0 Å². The van der Waals surface area contributed by atoms with Crippen LogP contribution in [0.3, 0.4) is 0 Å². The van der Waals surface area contributed by atoms with Crippen LogP contribution >= 0.6 is 0 Å². The molecule has 1 aliphatic carbocycles. The molecule has 1 fully saturated rings. The maximum Gasteiger partial charge on any atom is 0.308 e. The summed E-state index contributed by atoms with van der Waals surface area (Å²) in [6.45, 7) is 4.37. The first-order valence-corrected chi connectivity index (χ1v) is 7.10. The van der Waals surface area contributed by atoms with Gasteiger partial charge in [0.25, 0.3) is 0 Å². The van der Waals surface area contributed by atoms with Gasteiger partial charge in [0.15, 0.2) is 6.29 Å². The molecule has 0 aromatic rings. The number of rotatable bonds is 7. The van der Waals surface area contributed by atoms with Crippen molar-refractivity contribution < 1.29 is 19.0 Å². The molecule has 0 radical (unpaired) electrons. The van der Waals surface area contributed by atoms with Crippen LogP contribution in [0.2, 0.25) is 0 Å². The molecular formula is C14H27NO4. The molecule has 0 aromatic carbocycles. The van der Waals surface area contributed by atoms with Gasteiger partial charge in [-0.05, 0) is 39.5 Å². The number of carbonyl (C=O) groups is 1. The molecule has 5 nitrogen and oxygen atoms in total. The third kappa shape index (κ3) is 5.09. The molecule has 19 heavy (non-hydrogen) atoms. The highest BCUT2D eigenvalue weighted by atomic mass is 16.7. The molecule has 0 bridgehead atoms. The normalized spacial score (nSPS) is 25.3. The first-order chi connectivity index (χ1) is 9.12. The molecule has 0 saturated heterocycles. The van der Waals surface area contributed by atoms with Crippen LogP contribution in [0.5, 0.6) is 0 Å². The number of methoxy groups -OCH3 is 2. The summed E-state index contributed by atoms with van der Waals surface area (Å²) in [5, 5.41) is 3.51. The predicted molar refractivity (Wildman–Crippen MR) is 72.8 cm³/mol. The highest BCUT2D eigenvalue weighted by Gasteiger charge is 2.29. The number of esters is 1. The number of ether oxygens (including phenoxy) is 3. The Kier molecular flexibility index (Phi) is 7.34. The van der Waals surface area contributed by atoms with Crippen LogP contribution in [0.15, 0.2) is 0 Å². The van der Waals surface area contributed by atoms with Crippen LogP contribution in [0.4, 0.5) is 0 Å². The Morgan fingerprint density at radius 1 is 1.21 bits per heavy atom. The maximum atomic E-state index is 11.6. The summed E-state index contributed by atoms with van der Waals surface area (Å²) in [6, 6.07) is 0.563. The Hall–Kier alpha value is -0.650. The zero-order chi connectivity index (χ0) is 14.3. The summed E-state index contributed by atoms with van der Waals surface area (Å²) in [7, 11) is 3.29. The lowest BCUT2D eigenvalue weighted by atomic mass is 9.86. The van der Waals surface area contributed by atoms with Gasteiger partial charge in [0, 0.05) is 20.3 Å². The van der Waals surface area contributed by atoms with Crippen molar-refractivity contribution in [1.29, 1.82) is 0 Å². The first-order valence-electron chi connectivity index (χ1n) is 7.10. The highest BCUT2D eigenvalue weighted by molar-refractivity contribution is 5.72. The number of hydrogen-bond acceptors (Lipinski definition) is 5. The fourth-order valence-electron chi connectivity index (χ4n) is 2.71. The second-order valence-corrected chi connectivity index (χ2v) is 5.10. The smallest absolute Gasteiger partial charge is 0.308 e. The summed E-state index contributed by atoms with van der Waals surface area (Å²) in [5.41, 5.74) is 0. The van der Waals surface area contributed by atoms with Crippen LogP contribution in [0.1, 0.15) is 39.5 Å². The topological polar surface area (TPSA) is 56.8 Å². The van der Waals surface area contributed by atoms with Crippen molar-refractivity contribution in [2.75, 3.05) is 20.8 Å². The molecule has 0 aromatic heterocycles. The predicted octanol–water partition coefficient (Wildman–Crippen LogP) is 1.71. The lowest BCUT2D eigenvalue weighted by molar-refractivity contribution is -0.149. The largest absolute Gasteiger partial charge is 0.466 e. The minimum atomic E-state index is -0.234. The molecule has 1 rings (SSSR count). The molecule has 0 amide bonds. The molecule has 112 valence electrons. The van der Waals surface area contributed by atoms with Crippen LogP contribution < -0.4 is 5.32 Å². The lowest BCUT2D eigenvalue weighted by Gasteiger charge is -2.32. The second-order valence-electron chi connectivity index (χ2n) is 5.10. The molecule has 0 aliphatic heterocycles. The molecule has 1 aliphatic rings. The van der Waals surface area contributed by atoms with Crippen LogP contribution in [-0.2, 0) is 19.0 Å². The summed E-state index contributed by atoms with van der Waals surface area (Å²) in [6.07, 6.45) is 3.55. The second kappa shape index (κ2) is 8.51. The maximum absolute atomic E-state index is 11.6. The minimum absolute atomic E-state index is 0.0411. The van der Waals surface area contributed by atoms with E-state index in [2.05, 4.69) is 12.2 Å².